The number of nitrogen functional groups attached to an aromatic ring is 1. The van der Waals surface area contributed by atoms with Crippen molar-refractivity contribution in [2.24, 2.45) is 0 Å². The molecule has 0 radical (unpaired) electrons. The van der Waals surface area contributed by atoms with Gasteiger partial charge in [0.1, 0.15) is 5.82 Å². The normalized spacial score (nSPS) is 19.8. The number of methoxy groups -OCH3 is 1. The van der Waals surface area contributed by atoms with Crippen LogP contribution in [0.1, 0.15) is 12.8 Å². The lowest BCUT2D eigenvalue weighted by Crippen LogP contribution is -2.43. The average molecular weight is 281 g/mol. The quantitative estimate of drug-likeness (QED) is 0.820. The van der Waals surface area contributed by atoms with E-state index in [1.54, 1.807) is 7.11 Å². The van der Waals surface area contributed by atoms with Gasteiger partial charge >= 0.3 is 0 Å². The molecule has 110 valence electrons. The maximum absolute atomic E-state index is 13.1. The second kappa shape index (κ2) is 6.67. The van der Waals surface area contributed by atoms with E-state index in [0.717, 1.165) is 25.9 Å². The lowest BCUT2D eigenvalue weighted by molar-refractivity contribution is -0.118. The number of nitrogens with two attached hydrogens (primary N) is 1. The molecule has 1 aliphatic rings. The van der Waals surface area contributed by atoms with Crippen LogP contribution in [0, 0.1) is 5.82 Å². The van der Waals surface area contributed by atoms with Gasteiger partial charge in [-0.3, -0.25) is 9.69 Å². The molecule has 20 heavy (non-hydrogen) atoms. The van der Waals surface area contributed by atoms with Gasteiger partial charge < -0.3 is 15.8 Å². The van der Waals surface area contributed by atoms with Crippen LogP contribution in [0.3, 0.4) is 0 Å². The molecule has 2 rings (SSSR count). The number of benzene rings is 1. The zero-order valence-electron chi connectivity index (χ0n) is 11.6. The summed E-state index contributed by atoms with van der Waals surface area (Å²) in [5.74, 6) is -0.619. The third-order valence-corrected chi connectivity index (χ3v) is 3.45. The van der Waals surface area contributed by atoms with Crippen molar-refractivity contribution in [1.82, 2.24) is 4.90 Å². The number of carbonyl (C=O) groups excluding carboxylic acids is 1. The van der Waals surface area contributed by atoms with Crippen LogP contribution in [0.5, 0.6) is 0 Å². The molecule has 1 fully saturated rings. The van der Waals surface area contributed by atoms with Crippen molar-refractivity contribution in [3.63, 3.8) is 0 Å². The van der Waals surface area contributed by atoms with E-state index in [-0.39, 0.29) is 18.6 Å². The van der Waals surface area contributed by atoms with Crippen LogP contribution in [0.4, 0.5) is 15.8 Å². The zero-order valence-corrected chi connectivity index (χ0v) is 11.6. The second-order valence-corrected chi connectivity index (χ2v) is 5.01. The lowest BCUT2D eigenvalue weighted by Gasteiger charge is -2.31. The summed E-state index contributed by atoms with van der Waals surface area (Å²) in [5.41, 5.74) is 6.37. The first-order valence-electron chi connectivity index (χ1n) is 6.68. The average Bonchev–Trinajstić information content (AvgIpc) is 2.43. The van der Waals surface area contributed by atoms with E-state index in [1.165, 1.54) is 18.2 Å². The molecule has 1 unspecified atom stereocenters. The van der Waals surface area contributed by atoms with Gasteiger partial charge in [0.2, 0.25) is 5.91 Å². The predicted octanol–water partition coefficient (Wildman–Crippen LogP) is 1.46. The van der Waals surface area contributed by atoms with Crippen LogP contribution < -0.4 is 11.1 Å². The summed E-state index contributed by atoms with van der Waals surface area (Å²) in [5, 5.41) is 2.64. The molecule has 6 heteroatoms. The van der Waals surface area contributed by atoms with Gasteiger partial charge in [-0.2, -0.15) is 0 Å². The molecular formula is C14H20FN3O2. The largest absolute Gasteiger partial charge is 0.397 e. The summed E-state index contributed by atoms with van der Waals surface area (Å²) >= 11 is 0. The van der Waals surface area contributed by atoms with Crippen molar-refractivity contribution >= 4 is 17.3 Å². The van der Waals surface area contributed by atoms with E-state index in [9.17, 15) is 9.18 Å². The fourth-order valence-corrected chi connectivity index (χ4v) is 2.38. The number of carbonyl (C=O) groups is 1. The smallest absolute Gasteiger partial charge is 0.238 e. The number of nitrogens with one attached hydrogen (secondary N) is 1. The first kappa shape index (κ1) is 14.7. The summed E-state index contributed by atoms with van der Waals surface area (Å²) in [7, 11) is 1.68. The number of ether oxygens (including phenoxy) is 1. The Labute approximate surface area is 117 Å². The van der Waals surface area contributed by atoms with Crippen LogP contribution >= 0.6 is 0 Å². The Balaban J connectivity index is 1.90. The number of anilines is 2. The fraction of sp³-hybridized carbons (Fsp3) is 0.500. The summed E-state index contributed by atoms with van der Waals surface area (Å²) in [6.07, 6.45) is 2.20. The van der Waals surface area contributed by atoms with Crippen molar-refractivity contribution in [2.45, 2.75) is 18.9 Å². The van der Waals surface area contributed by atoms with Gasteiger partial charge in [0.15, 0.2) is 0 Å². The van der Waals surface area contributed by atoms with Gasteiger partial charge in [-0.1, -0.05) is 0 Å². The highest BCUT2D eigenvalue weighted by molar-refractivity contribution is 5.95. The van der Waals surface area contributed by atoms with Crippen LogP contribution in [0.25, 0.3) is 0 Å². The highest BCUT2D eigenvalue weighted by Gasteiger charge is 2.21. The molecule has 0 spiro atoms. The maximum atomic E-state index is 13.1. The SMILES string of the molecule is COC1CCCN(CC(=O)Nc2cc(F)ccc2N)C1. The minimum atomic E-state index is -0.424. The van der Waals surface area contributed by atoms with E-state index in [4.69, 9.17) is 10.5 Å². The van der Waals surface area contributed by atoms with E-state index >= 15 is 0 Å². The Hall–Kier alpha value is -1.66. The van der Waals surface area contributed by atoms with E-state index < -0.39 is 5.82 Å². The summed E-state index contributed by atoms with van der Waals surface area (Å²) in [4.78, 5) is 14.0. The molecule has 3 N–H and O–H groups in total. The molecule has 5 nitrogen and oxygen atoms in total. The standard InChI is InChI=1S/C14H20FN3O2/c1-20-11-3-2-6-18(8-11)9-14(19)17-13-7-10(15)4-5-12(13)16/h4-5,7,11H,2-3,6,8-9,16H2,1H3,(H,17,19). The minimum absolute atomic E-state index is 0.177. The van der Waals surface area contributed by atoms with Gasteiger partial charge in [0.25, 0.3) is 0 Å². The highest BCUT2D eigenvalue weighted by Crippen LogP contribution is 2.19. The third kappa shape index (κ3) is 3.91. The molecule has 0 aromatic heterocycles. The summed E-state index contributed by atoms with van der Waals surface area (Å²) in [6, 6.07) is 3.92. The molecule has 1 saturated heterocycles. The second-order valence-electron chi connectivity index (χ2n) is 5.01. The Kier molecular flexibility index (Phi) is 4.92. The highest BCUT2D eigenvalue weighted by atomic mass is 19.1. The van der Waals surface area contributed by atoms with Crippen molar-refractivity contribution in [2.75, 3.05) is 37.8 Å². The minimum Gasteiger partial charge on any atom is -0.397 e. The number of amides is 1. The third-order valence-electron chi connectivity index (χ3n) is 3.45. The molecule has 1 atom stereocenters. The Morgan fingerprint density at radius 1 is 1.60 bits per heavy atom. The van der Waals surface area contributed by atoms with Crippen molar-refractivity contribution in [1.29, 1.82) is 0 Å². The Morgan fingerprint density at radius 3 is 3.15 bits per heavy atom. The van der Waals surface area contributed by atoms with Gasteiger partial charge in [-0.25, -0.2) is 4.39 Å². The number of rotatable bonds is 4. The molecule has 1 amide bonds. The monoisotopic (exact) mass is 281 g/mol. The van der Waals surface area contributed by atoms with E-state index in [1.807, 2.05) is 4.90 Å². The van der Waals surface area contributed by atoms with Crippen molar-refractivity contribution < 1.29 is 13.9 Å². The first-order valence-corrected chi connectivity index (χ1v) is 6.68. The molecule has 1 aromatic rings. The van der Waals surface area contributed by atoms with Gasteiger partial charge in [0, 0.05) is 13.7 Å². The number of likely N-dealkylation sites (tertiary alicyclic amines) is 1. The van der Waals surface area contributed by atoms with Gasteiger partial charge in [-0.15, -0.1) is 0 Å². The van der Waals surface area contributed by atoms with Crippen LogP contribution in [-0.2, 0) is 9.53 Å². The molecular weight excluding hydrogens is 261 g/mol. The first-order chi connectivity index (χ1) is 9.58. The Morgan fingerprint density at radius 2 is 2.40 bits per heavy atom. The maximum Gasteiger partial charge on any atom is 0.238 e. The molecule has 1 aromatic carbocycles. The van der Waals surface area contributed by atoms with Gasteiger partial charge in [-0.05, 0) is 37.6 Å². The van der Waals surface area contributed by atoms with Crippen LogP contribution in [0.2, 0.25) is 0 Å². The molecule has 0 aliphatic carbocycles. The van der Waals surface area contributed by atoms with Gasteiger partial charge in [0.05, 0.1) is 24.0 Å². The number of nitrogens with zero attached hydrogens (tertiary/aromatic N) is 1. The molecule has 1 heterocycles. The van der Waals surface area contributed by atoms with Crippen molar-refractivity contribution in [3.8, 4) is 0 Å². The fourth-order valence-electron chi connectivity index (χ4n) is 2.38. The summed E-state index contributed by atoms with van der Waals surface area (Å²) < 4.78 is 18.4. The summed E-state index contributed by atoms with van der Waals surface area (Å²) in [6.45, 7) is 1.87. The van der Waals surface area contributed by atoms with Crippen LogP contribution in [-0.4, -0.2) is 43.7 Å². The number of halogens is 1. The van der Waals surface area contributed by atoms with Crippen LogP contribution in [0.15, 0.2) is 18.2 Å². The number of hydrogen-bond acceptors (Lipinski definition) is 4. The number of hydrogen-bond donors (Lipinski definition) is 2. The van der Waals surface area contributed by atoms with E-state index in [2.05, 4.69) is 5.32 Å². The lowest BCUT2D eigenvalue weighted by atomic mass is 10.1. The Bertz CT molecular complexity index is 481. The predicted molar refractivity (Wildman–Crippen MR) is 75.9 cm³/mol. The van der Waals surface area contributed by atoms with E-state index in [0.29, 0.717) is 11.4 Å². The topological polar surface area (TPSA) is 67.6 Å². The number of piperidine rings is 1. The van der Waals surface area contributed by atoms with Crippen molar-refractivity contribution in [3.05, 3.63) is 24.0 Å². The zero-order chi connectivity index (χ0) is 14.5. The molecule has 0 saturated carbocycles. The molecule has 0 bridgehead atoms. The molecule has 1 aliphatic heterocycles.